The zero-order valence-electron chi connectivity index (χ0n) is 15.6. The Morgan fingerprint density at radius 2 is 1.79 bits per heavy atom. The van der Waals surface area contributed by atoms with Gasteiger partial charge in [-0.1, -0.05) is 6.07 Å². The molecule has 1 unspecified atom stereocenters. The second-order valence-corrected chi connectivity index (χ2v) is 8.90. The van der Waals surface area contributed by atoms with Gasteiger partial charge in [0.2, 0.25) is 10.0 Å². The number of nitrogens with zero attached hydrogens (tertiary/aromatic N) is 1. The smallest absolute Gasteiger partial charge is 0.251 e. The summed E-state index contributed by atoms with van der Waals surface area (Å²) >= 11 is 0. The summed E-state index contributed by atoms with van der Waals surface area (Å²) in [6, 6.07) is 12.0. The fourth-order valence-corrected chi connectivity index (χ4v) is 4.97. The Morgan fingerprint density at radius 1 is 1.07 bits per heavy atom. The first-order valence-corrected chi connectivity index (χ1v) is 10.9. The van der Waals surface area contributed by atoms with Crippen LogP contribution in [0.25, 0.3) is 0 Å². The molecule has 2 aromatic rings. The molecule has 2 aliphatic rings. The molecule has 0 saturated carbocycles. The monoisotopic (exact) mass is 402 g/mol. The lowest BCUT2D eigenvalue weighted by Gasteiger charge is -2.21. The summed E-state index contributed by atoms with van der Waals surface area (Å²) in [6.45, 7) is 3.42. The van der Waals surface area contributed by atoms with E-state index in [1.807, 2.05) is 25.1 Å². The number of carbonyl (C=O) groups excluding carboxylic acids is 1. The van der Waals surface area contributed by atoms with E-state index >= 15 is 0 Å². The Labute approximate surface area is 164 Å². The maximum atomic E-state index is 12.6. The summed E-state index contributed by atoms with van der Waals surface area (Å²) in [6.07, 6.45) is 0.623. The van der Waals surface area contributed by atoms with Gasteiger partial charge in [0, 0.05) is 12.1 Å². The molecule has 0 bridgehead atoms. The first-order chi connectivity index (χ1) is 13.4. The maximum absolute atomic E-state index is 12.6. The van der Waals surface area contributed by atoms with E-state index in [2.05, 4.69) is 5.32 Å². The molecule has 2 aliphatic heterocycles. The van der Waals surface area contributed by atoms with Crippen LogP contribution < -0.4 is 19.1 Å². The number of carbonyl (C=O) groups is 1. The zero-order valence-corrected chi connectivity index (χ0v) is 16.4. The lowest BCUT2D eigenvalue weighted by Crippen LogP contribution is -2.27. The highest BCUT2D eigenvalue weighted by Gasteiger charge is 2.28. The molecule has 28 heavy (non-hydrogen) atoms. The number of nitrogens with one attached hydrogen (secondary N) is 1. The summed E-state index contributed by atoms with van der Waals surface area (Å²) < 4.78 is 36.5. The van der Waals surface area contributed by atoms with Crippen LogP contribution in [0.2, 0.25) is 0 Å². The molecule has 0 spiro atoms. The van der Waals surface area contributed by atoms with Crippen molar-refractivity contribution in [3.05, 3.63) is 53.6 Å². The van der Waals surface area contributed by atoms with E-state index in [4.69, 9.17) is 9.47 Å². The van der Waals surface area contributed by atoms with Gasteiger partial charge >= 0.3 is 0 Å². The summed E-state index contributed by atoms with van der Waals surface area (Å²) in [5.41, 5.74) is 1.98. The minimum Gasteiger partial charge on any atom is -0.486 e. The third kappa shape index (κ3) is 3.64. The van der Waals surface area contributed by atoms with Crippen molar-refractivity contribution in [2.45, 2.75) is 19.4 Å². The predicted molar refractivity (Wildman–Crippen MR) is 106 cm³/mol. The van der Waals surface area contributed by atoms with Crippen molar-refractivity contribution in [3.63, 3.8) is 0 Å². The molecule has 7 nitrogen and oxygen atoms in total. The van der Waals surface area contributed by atoms with E-state index < -0.39 is 10.0 Å². The molecule has 1 saturated heterocycles. The van der Waals surface area contributed by atoms with Gasteiger partial charge in [-0.2, -0.15) is 0 Å². The number of ether oxygens (including phenoxy) is 2. The molecule has 2 heterocycles. The number of benzene rings is 2. The third-order valence-corrected chi connectivity index (χ3v) is 6.80. The fourth-order valence-electron chi connectivity index (χ4n) is 3.40. The standard InChI is InChI=1S/C20H22N2O5S/c1-14(16-5-8-18-19(13-16)27-11-10-26-18)21-20(23)15-3-6-17(7-4-15)22-9-2-12-28(22,24)25/h3-8,13-14H,2,9-12H2,1H3,(H,21,23). The molecule has 0 aliphatic carbocycles. The maximum Gasteiger partial charge on any atom is 0.251 e. The largest absolute Gasteiger partial charge is 0.486 e. The minimum atomic E-state index is -3.23. The van der Waals surface area contributed by atoms with Crippen molar-refractivity contribution >= 4 is 21.6 Å². The van der Waals surface area contributed by atoms with Crippen molar-refractivity contribution in [1.29, 1.82) is 0 Å². The van der Waals surface area contributed by atoms with Gasteiger partial charge in [0.05, 0.1) is 17.5 Å². The van der Waals surface area contributed by atoms with Crippen molar-refractivity contribution < 1.29 is 22.7 Å². The number of hydrogen-bond acceptors (Lipinski definition) is 5. The quantitative estimate of drug-likeness (QED) is 0.849. The van der Waals surface area contributed by atoms with Crippen LogP contribution in [0.1, 0.15) is 35.3 Å². The normalized spacial score (nSPS) is 18.5. The average molecular weight is 402 g/mol. The molecular weight excluding hydrogens is 380 g/mol. The van der Waals surface area contributed by atoms with Gasteiger partial charge in [0.25, 0.3) is 5.91 Å². The van der Waals surface area contributed by atoms with Crippen LogP contribution in [0, 0.1) is 0 Å². The molecule has 1 fully saturated rings. The average Bonchev–Trinajstić information content (AvgIpc) is 3.06. The summed E-state index contributed by atoms with van der Waals surface area (Å²) in [5, 5.41) is 2.96. The summed E-state index contributed by atoms with van der Waals surface area (Å²) in [7, 11) is -3.23. The van der Waals surface area contributed by atoms with Gasteiger partial charge in [-0.05, 0) is 55.3 Å². The Balaban J connectivity index is 1.45. The first-order valence-electron chi connectivity index (χ1n) is 9.25. The van der Waals surface area contributed by atoms with Gasteiger partial charge in [-0.15, -0.1) is 0 Å². The van der Waals surface area contributed by atoms with Crippen LogP contribution >= 0.6 is 0 Å². The van der Waals surface area contributed by atoms with Crippen LogP contribution in [-0.4, -0.2) is 39.8 Å². The lowest BCUT2D eigenvalue weighted by atomic mass is 10.1. The van der Waals surface area contributed by atoms with Crippen LogP contribution in [-0.2, 0) is 10.0 Å². The van der Waals surface area contributed by atoms with Gasteiger partial charge in [0.1, 0.15) is 13.2 Å². The molecule has 1 amide bonds. The van der Waals surface area contributed by atoms with E-state index in [9.17, 15) is 13.2 Å². The highest BCUT2D eigenvalue weighted by atomic mass is 32.2. The van der Waals surface area contributed by atoms with E-state index in [-0.39, 0.29) is 17.7 Å². The highest BCUT2D eigenvalue weighted by molar-refractivity contribution is 7.93. The number of rotatable bonds is 4. The lowest BCUT2D eigenvalue weighted by molar-refractivity contribution is 0.0939. The number of anilines is 1. The van der Waals surface area contributed by atoms with Crippen molar-refractivity contribution in [2.24, 2.45) is 0 Å². The van der Waals surface area contributed by atoms with Gasteiger partial charge in [-0.3, -0.25) is 9.10 Å². The minimum absolute atomic E-state index is 0.169. The van der Waals surface area contributed by atoms with E-state index in [1.54, 1.807) is 24.3 Å². The third-order valence-electron chi connectivity index (χ3n) is 4.93. The predicted octanol–water partition coefficient (Wildman–Crippen LogP) is 2.49. The van der Waals surface area contributed by atoms with Gasteiger partial charge in [-0.25, -0.2) is 8.42 Å². The van der Waals surface area contributed by atoms with Gasteiger partial charge < -0.3 is 14.8 Å². The van der Waals surface area contributed by atoms with Crippen molar-refractivity contribution in [2.75, 3.05) is 29.8 Å². The Morgan fingerprint density at radius 3 is 2.46 bits per heavy atom. The summed E-state index contributed by atoms with van der Waals surface area (Å²) in [4.78, 5) is 12.6. The van der Waals surface area contributed by atoms with E-state index in [0.717, 1.165) is 5.56 Å². The summed E-state index contributed by atoms with van der Waals surface area (Å²) in [5.74, 6) is 1.34. The van der Waals surface area contributed by atoms with Crippen molar-refractivity contribution in [3.8, 4) is 11.5 Å². The zero-order chi connectivity index (χ0) is 19.7. The Kier molecular flexibility index (Phi) is 4.89. The van der Waals surface area contributed by atoms with Crippen LogP contribution in [0.5, 0.6) is 11.5 Å². The Bertz CT molecular complexity index is 988. The number of sulfonamides is 1. The van der Waals surface area contributed by atoms with Crippen molar-refractivity contribution in [1.82, 2.24) is 5.32 Å². The van der Waals surface area contributed by atoms with Crippen LogP contribution in [0.15, 0.2) is 42.5 Å². The Hall–Kier alpha value is -2.74. The molecule has 0 radical (unpaired) electrons. The first kappa shape index (κ1) is 18.6. The van der Waals surface area contributed by atoms with Crippen LogP contribution in [0.4, 0.5) is 5.69 Å². The van der Waals surface area contributed by atoms with Gasteiger partial charge in [0.15, 0.2) is 11.5 Å². The number of hydrogen-bond donors (Lipinski definition) is 1. The second-order valence-electron chi connectivity index (χ2n) is 6.89. The molecular formula is C20H22N2O5S. The fraction of sp³-hybridized carbons (Fsp3) is 0.350. The molecule has 2 aromatic carbocycles. The highest BCUT2D eigenvalue weighted by Crippen LogP contribution is 2.32. The SMILES string of the molecule is CC(NC(=O)c1ccc(N2CCCS2(=O)=O)cc1)c1ccc2c(c1)OCCO2. The second kappa shape index (κ2) is 7.35. The topological polar surface area (TPSA) is 84.9 Å². The van der Waals surface area contributed by atoms with Crippen LogP contribution in [0.3, 0.4) is 0 Å². The molecule has 1 N–H and O–H groups in total. The van der Waals surface area contributed by atoms with E-state index in [1.165, 1.54) is 4.31 Å². The molecule has 0 aromatic heterocycles. The number of amides is 1. The number of fused-ring (bicyclic) bond motifs is 1. The molecule has 4 rings (SSSR count). The van der Waals surface area contributed by atoms with E-state index in [0.29, 0.717) is 48.9 Å². The molecule has 1 atom stereocenters. The molecule has 148 valence electrons. The molecule has 8 heteroatoms.